The van der Waals surface area contributed by atoms with Crippen LogP contribution in [0.1, 0.15) is 36.6 Å². The van der Waals surface area contributed by atoms with Gasteiger partial charge in [0.2, 0.25) is 0 Å². The van der Waals surface area contributed by atoms with Crippen molar-refractivity contribution < 1.29 is 0 Å². The van der Waals surface area contributed by atoms with Crippen LogP contribution < -0.4 is 5.32 Å². The number of benzene rings is 1. The zero-order chi connectivity index (χ0) is 14.0. The van der Waals surface area contributed by atoms with Gasteiger partial charge in [-0.2, -0.15) is 5.10 Å². The van der Waals surface area contributed by atoms with Crippen molar-refractivity contribution in [2.24, 2.45) is 7.05 Å². The molecule has 0 bridgehead atoms. The minimum atomic E-state index is 0.495. The quantitative estimate of drug-likeness (QED) is 0.911. The molecule has 2 rings (SSSR count). The summed E-state index contributed by atoms with van der Waals surface area (Å²) in [5, 5.41) is 8.49. The lowest BCUT2D eigenvalue weighted by Crippen LogP contribution is -2.04. The SMILES string of the molecule is Cc1nn(C)c(Cl)c1CNc1ccccc1C(C)C. The maximum Gasteiger partial charge on any atom is 0.131 e. The average molecular weight is 278 g/mol. The van der Waals surface area contributed by atoms with Gasteiger partial charge in [0, 0.05) is 24.8 Å². The molecule has 0 aliphatic carbocycles. The molecule has 0 atom stereocenters. The zero-order valence-corrected chi connectivity index (χ0v) is 12.6. The maximum atomic E-state index is 6.24. The highest BCUT2D eigenvalue weighted by Gasteiger charge is 2.12. The Morgan fingerprint density at radius 3 is 2.58 bits per heavy atom. The molecule has 0 spiro atoms. The van der Waals surface area contributed by atoms with Crippen LogP contribution in [-0.4, -0.2) is 9.78 Å². The molecule has 1 aromatic carbocycles. The topological polar surface area (TPSA) is 29.9 Å². The molecule has 0 saturated heterocycles. The summed E-state index contributed by atoms with van der Waals surface area (Å²) in [5.74, 6) is 0.495. The Balaban J connectivity index is 2.19. The van der Waals surface area contributed by atoms with Gasteiger partial charge in [-0.05, 0) is 24.5 Å². The Kier molecular flexibility index (Phi) is 4.15. The van der Waals surface area contributed by atoms with E-state index in [0.717, 1.165) is 16.9 Å². The summed E-state index contributed by atoms with van der Waals surface area (Å²) in [6, 6.07) is 8.38. The number of anilines is 1. The standard InChI is InChI=1S/C15H20ClN3/c1-10(2)12-7-5-6-8-14(12)17-9-13-11(3)18-19(4)15(13)16/h5-8,10,17H,9H2,1-4H3. The van der Waals surface area contributed by atoms with Gasteiger partial charge in [0.15, 0.2) is 0 Å². The molecular weight excluding hydrogens is 258 g/mol. The number of hydrogen-bond acceptors (Lipinski definition) is 2. The maximum absolute atomic E-state index is 6.24. The molecule has 1 N–H and O–H groups in total. The van der Waals surface area contributed by atoms with E-state index >= 15 is 0 Å². The molecule has 1 heterocycles. The number of para-hydroxylation sites is 1. The molecular formula is C15H20ClN3. The summed E-state index contributed by atoms with van der Waals surface area (Å²) in [7, 11) is 1.86. The van der Waals surface area contributed by atoms with Crippen LogP contribution in [0.2, 0.25) is 5.15 Å². The van der Waals surface area contributed by atoms with Gasteiger partial charge in [-0.1, -0.05) is 43.6 Å². The summed E-state index contributed by atoms with van der Waals surface area (Å²) < 4.78 is 1.71. The van der Waals surface area contributed by atoms with Crippen molar-refractivity contribution in [3.8, 4) is 0 Å². The predicted octanol–water partition coefficient (Wildman–Crippen LogP) is 4.12. The average Bonchev–Trinajstić information content (AvgIpc) is 2.61. The fraction of sp³-hybridized carbons (Fsp3) is 0.400. The van der Waals surface area contributed by atoms with Crippen LogP contribution >= 0.6 is 11.6 Å². The third kappa shape index (κ3) is 2.92. The van der Waals surface area contributed by atoms with Gasteiger partial charge in [-0.25, -0.2) is 0 Å². The van der Waals surface area contributed by atoms with E-state index in [1.54, 1.807) is 4.68 Å². The highest BCUT2D eigenvalue weighted by atomic mass is 35.5. The molecule has 0 aliphatic heterocycles. The minimum absolute atomic E-state index is 0.495. The summed E-state index contributed by atoms with van der Waals surface area (Å²) in [6.07, 6.45) is 0. The molecule has 4 heteroatoms. The van der Waals surface area contributed by atoms with Crippen LogP contribution in [0.5, 0.6) is 0 Å². The number of hydrogen-bond donors (Lipinski definition) is 1. The number of aryl methyl sites for hydroxylation is 2. The van der Waals surface area contributed by atoms with E-state index < -0.39 is 0 Å². The summed E-state index contributed by atoms with van der Waals surface area (Å²) in [6.45, 7) is 7.07. The molecule has 0 aliphatic rings. The van der Waals surface area contributed by atoms with E-state index in [-0.39, 0.29) is 0 Å². The molecule has 0 unspecified atom stereocenters. The lowest BCUT2D eigenvalue weighted by molar-refractivity contribution is 0.757. The van der Waals surface area contributed by atoms with Gasteiger partial charge in [0.25, 0.3) is 0 Å². The van der Waals surface area contributed by atoms with Crippen LogP contribution in [0.3, 0.4) is 0 Å². The van der Waals surface area contributed by atoms with Crippen molar-refractivity contribution >= 4 is 17.3 Å². The van der Waals surface area contributed by atoms with E-state index in [0.29, 0.717) is 17.6 Å². The largest absolute Gasteiger partial charge is 0.381 e. The molecule has 0 amide bonds. The second-order valence-corrected chi connectivity index (χ2v) is 5.43. The first-order valence-corrected chi connectivity index (χ1v) is 6.89. The smallest absolute Gasteiger partial charge is 0.131 e. The normalized spacial score (nSPS) is 11.1. The van der Waals surface area contributed by atoms with Crippen LogP contribution in [0, 0.1) is 6.92 Å². The van der Waals surface area contributed by atoms with Crippen LogP contribution in [0.4, 0.5) is 5.69 Å². The number of aromatic nitrogens is 2. The van der Waals surface area contributed by atoms with Crippen molar-refractivity contribution in [3.63, 3.8) is 0 Å². The lowest BCUT2D eigenvalue weighted by atomic mass is 10.0. The van der Waals surface area contributed by atoms with E-state index in [9.17, 15) is 0 Å². The van der Waals surface area contributed by atoms with Gasteiger partial charge in [0.1, 0.15) is 5.15 Å². The van der Waals surface area contributed by atoms with Crippen molar-refractivity contribution in [1.29, 1.82) is 0 Å². The number of nitrogens with one attached hydrogen (secondary N) is 1. The highest BCUT2D eigenvalue weighted by Crippen LogP contribution is 2.25. The monoisotopic (exact) mass is 277 g/mol. The van der Waals surface area contributed by atoms with Gasteiger partial charge in [-0.3, -0.25) is 4.68 Å². The summed E-state index contributed by atoms with van der Waals surface area (Å²) in [5.41, 5.74) is 4.52. The van der Waals surface area contributed by atoms with Crippen molar-refractivity contribution in [2.75, 3.05) is 5.32 Å². The number of rotatable bonds is 4. The molecule has 1 aromatic heterocycles. The van der Waals surface area contributed by atoms with Crippen LogP contribution in [-0.2, 0) is 13.6 Å². The van der Waals surface area contributed by atoms with Crippen LogP contribution in [0.15, 0.2) is 24.3 Å². The third-order valence-electron chi connectivity index (χ3n) is 3.31. The molecule has 102 valence electrons. The van der Waals surface area contributed by atoms with Crippen molar-refractivity contribution in [3.05, 3.63) is 46.2 Å². The van der Waals surface area contributed by atoms with Gasteiger partial charge < -0.3 is 5.32 Å². The Bertz CT molecular complexity index is 573. The summed E-state index contributed by atoms with van der Waals surface area (Å²) in [4.78, 5) is 0. The predicted molar refractivity (Wildman–Crippen MR) is 80.8 cm³/mol. The van der Waals surface area contributed by atoms with Crippen LogP contribution in [0.25, 0.3) is 0 Å². The van der Waals surface area contributed by atoms with Crippen molar-refractivity contribution in [2.45, 2.75) is 33.2 Å². The van der Waals surface area contributed by atoms with E-state index in [2.05, 4.69) is 42.5 Å². The zero-order valence-electron chi connectivity index (χ0n) is 11.9. The fourth-order valence-electron chi connectivity index (χ4n) is 2.22. The first kappa shape index (κ1) is 13.9. The second kappa shape index (κ2) is 5.66. The molecule has 0 saturated carbocycles. The lowest BCUT2D eigenvalue weighted by Gasteiger charge is -2.14. The highest BCUT2D eigenvalue weighted by molar-refractivity contribution is 6.30. The molecule has 3 nitrogen and oxygen atoms in total. The molecule has 19 heavy (non-hydrogen) atoms. The Hall–Kier alpha value is -1.48. The molecule has 0 radical (unpaired) electrons. The van der Waals surface area contributed by atoms with Crippen molar-refractivity contribution in [1.82, 2.24) is 9.78 Å². The van der Waals surface area contributed by atoms with E-state index in [4.69, 9.17) is 11.6 Å². The summed E-state index contributed by atoms with van der Waals surface area (Å²) >= 11 is 6.24. The third-order valence-corrected chi connectivity index (χ3v) is 3.78. The van der Waals surface area contributed by atoms with E-state index in [1.165, 1.54) is 5.56 Å². The number of nitrogens with zero attached hydrogens (tertiary/aromatic N) is 2. The van der Waals surface area contributed by atoms with Gasteiger partial charge in [-0.15, -0.1) is 0 Å². The first-order valence-electron chi connectivity index (χ1n) is 6.51. The Labute approximate surface area is 119 Å². The van der Waals surface area contributed by atoms with E-state index in [1.807, 2.05) is 20.0 Å². The minimum Gasteiger partial charge on any atom is -0.381 e. The molecule has 0 fully saturated rings. The van der Waals surface area contributed by atoms with Gasteiger partial charge in [0.05, 0.1) is 5.69 Å². The molecule has 2 aromatic rings. The fourth-order valence-corrected chi connectivity index (χ4v) is 2.46. The second-order valence-electron chi connectivity index (χ2n) is 5.07. The Morgan fingerprint density at radius 2 is 2.00 bits per heavy atom. The first-order chi connectivity index (χ1) is 9.00. The Morgan fingerprint density at radius 1 is 1.32 bits per heavy atom. The number of halogens is 1. The van der Waals surface area contributed by atoms with Gasteiger partial charge >= 0.3 is 0 Å².